The Bertz CT molecular complexity index is 847. The Hall–Kier alpha value is -2.99. The molecule has 0 unspecified atom stereocenters. The monoisotopic (exact) mass is 364 g/mol. The van der Waals surface area contributed by atoms with Gasteiger partial charge in [-0.05, 0) is 30.0 Å². The lowest BCUT2D eigenvalue weighted by Crippen LogP contribution is -2.07. The summed E-state index contributed by atoms with van der Waals surface area (Å²) >= 11 is 1.33. The van der Waals surface area contributed by atoms with Gasteiger partial charge in [0.25, 0.3) is 0 Å². The van der Waals surface area contributed by atoms with Crippen molar-refractivity contribution in [3.8, 4) is 0 Å². The van der Waals surface area contributed by atoms with Crippen LogP contribution in [0.15, 0.2) is 66.7 Å². The third-order valence-electron chi connectivity index (χ3n) is 3.64. The van der Waals surface area contributed by atoms with Crippen LogP contribution in [-0.2, 0) is 11.2 Å². The van der Waals surface area contributed by atoms with E-state index >= 15 is 0 Å². The molecule has 2 N–H and O–H groups in total. The molecule has 0 saturated heterocycles. The van der Waals surface area contributed by atoms with Crippen LogP contribution in [0.25, 0.3) is 6.08 Å². The second-order valence-electron chi connectivity index (χ2n) is 5.66. The predicted molar refractivity (Wildman–Crippen MR) is 107 cm³/mol. The molecule has 0 aliphatic carbocycles. The Morgan fingerprint density at radius 3 is 2.42 bits per heavy atom. The van der Waals surface area contributed by atoms with Gasteiger partial charge in [0.05, 0.1) is 0 Å². The van der Waals surface area contributed by atoms with Crippen molar-refractivity contribution in [3.63, 3.8) is 0 Å². The third kappa shape index (κ3) is 5.82. The normalized spacial score (nSPS) is 10.8. The number of nitrogens with zero attached hydrogens (tertiary/aromatic N) is 2. The highest BCUT2D eigenvalue weighted by molar-refractivity contribution is 7.19. The molecule has 0 aliphatic rings. The summed E-state index contributed by atoms with van der Waals surface area (Å²) in [5.41, 5.74) is 2.30. The van der Waals surface area contributed by atoms with Crippen molar-refractivity contribution in [1.82, 2.24) is 10.2 Å². The SMILES string of the molecule is O=C(C=Cc1ccccc1)Nc1nnc(NCCCc2ccccc2)s1. The minimum atomic E-state index is -0.222. The van der Waals surface area contributed by atoms with Crippen LogP contribution >= 0.6 is 11.3 Å². The Morgan fingerprint density at radius 2 is 1.65 bits per heavy atom. The highest BCUT2D eigenvalue weighted by Crippen LogP contribution is 2.20. The van der Waals surface area contributed by atoms with Crippen LogP contribution in [0.5, 0.6) is 0 Å². The highest BCUT2D eigenvalue weighted by atomic mass is 32.1. The molecule has 0 radical (unpaired) electrons. The first-order chi connectivity index (χ1) is 12.8. The van der Waals surface area contributed by atoms with E-state index in [9.17, 15) is 4.79 Å². The number of benzene rings is 2. The van der Waals surface area contributed by atoms with E-state index < -0.39 is 0 Å². The molecule has 0 atom stereocenters. The number of nitrogens with one attached hydrogen (secondary N) is 2. The maximum absolute atomic E-state index is 11.9. The van der Waals surface area contributed by atoms with Gasteiger partial charge in [-0.3, -0.25) is 10.1 Å². The van der Waals surface area contributed by atoms with Crippen LogP contribution in [0.4, 0.5) is 10.3 Å². The first kappa shape index (κ1) is 17.8. The van der Waals surface area contributed by atoms with E-state index in [1.54, 1.807) is 6.08 Å². The molecular weight excluding hydrogens is 344 g/mol. The van der Waals surface area contributed by atoms with E-state index in [1.165, 1.54) is 23.0 Å². The smallest absolute Gasteiger partial charge is 0.250 e. The summed E-state index contributed by atoms with van der Waals surface area (Å²) in [7, 11) is 0. The van der Waals surface area contributed by atoms with Crippen LogP contribution in [0.3, 0.4) is 0 Å². The number of aryl methyl sites for hydroxylation is 1. The average Bonchev–Trinajstić information content (AvgIpc) is 3.12. The molecule has 5 nitrogen and oxygen atoms in total. The number of amides is 1. The number of hydrogen-bond donors (Lipinski definition) is 2. The Labute approximate surface area is 156 Å². The molecule has 2 aromatic carbocycles. The van der Waals surface area contributed by atoms with Gasteiger partial charge in [-0.2, -0.15) is 0 Å². The van der Waals surface area contributed by atoms with Gasteiger partial charge in [0.2, 0.25) is 16.2 Å². The van der Waals surface area contributed by atoms with Crippen molar-refractivity contribution >= 4 is 33.6 Å². The first-order valence-electron chi connectivity index (χ1n) is 8.45. The van der Waals surface area contributed by atoms with Crippen molar-refractivity contribution in [2.75, 3.05) is 17.2 Å². The average molecular weight is 364 g/mol. The Balaban J connectivity index is 1.41. The van der Waals surface area contributed by atoms with Gasteiger partial charge in [0.1, 0.15) is 0 Å². The van der Waals surface area contributed by atoms with Gasteiger partial charge in [-0.1, -0.05) is 72.0 Å². The lowest BCUT2D eigenvalue weighted by atomic mass is 10.1. The van der Waals surface area contributed by atoms with Gasteiger partial charge in [0, 0.05) is 12.6 Å². The van der Waals surface area contributed by atoms with Crippen LogP contribution in [-0.4, -0.2) is 22.6 Å². The number of aromatic nitrogens is 2. The third-order valence-corrected chi connectivity index (χ3v) is 4.44. The lowest BCUT2D eigenvalue weighted by Gasteiger charge is -2.02. The van der Waals surface area contributed by atoms with Gasteiger partial charge < -0.3 is 5.32 Å². The molecule has 1 aromatic heterocycles. The maximum Gasteiger partial charge on any atom is 0.250 e. The number of carbonyl (C=O) groups excluding carboxylic acids is 1. The summed E-state index contributed by atoms with van der Waals surface area (Å²) in [5.74, 6) is -0.222. The van der Waals surface area contributed by atoms with Crippen molar-refractivity contribution in [2.45, 2.75) is 12.8 Å². The molecular formula is C20H20N4OS. The van der Waals surface area contributed by atoms with Crippen molar-refractivity contribution < 1.29 is 4.79 Å². The summed E-state index contributed by atoms with van der Waals surface area (Å²) in [6.45, 7) is 0.811. The van der Waals surface area contributed by atoms with E-state index in [1.807, 2.05) is 36.4 Å². The topological polar surface area (TPSA) is 66.9 Å². The lowest BCUT2D eigenvalue weighted by molar-refractivity contribution is -0.111. The van der Waals surface area contributed by atoms with Crippen molar-refractivity contribution in [1.29, 1.82) is 0 Å². The largest absolute Gasteiger partial charge is 0.360 e. The van der Waals surface area contributed by atoms with Gasteiger partial charge in [-0.25, -0.2) is 0 Å². The predicted octanol–water partition coefficient (Wildman–Crippen LogP) is 4.23. The molecule has 0 fully saturated rings. The molecule has 0 bridgehead atoms. The summed E-state index contributed by atoms with van der Waals surface area (Å²) in [4.78, 5) is 11.9. The van der Waals surface area contributed by atoms with Crippen LogP contribution < -0.4 is 10.6 Å². The van der Waals surface area contributed by atoms with Gasteiger partial charge in [0.15, 0.2) is 0 Å². The van der Waals surface area contributed by atoms with Crippen molar-refractivity contribution in [3.05, 3.63) is 77.9 Å². The first-order valence-corrected chi connectivity index (χ1v) is 9.27. The number of rotatable bonds is 8. The van der Waals surface area contributed by atoms with Crippen LogP contribution in [0, 0.1) is 0 Å². The molecule has 1 heterocycles. The zero-order chi connectivity index (χ0) is 18.0. The summed E-state index contributed by atoms with van der Waals surface area (Å²) in [6, 6.07) is 20.0. The van der Waals surface area contributed by atoms with E-state index in [0.717, 1.165) is 24.9 Å². The van der Waals surface area contributed by atoms with Crippen LogP contribution in [0.1, 0.15) is 17.5 Å². The maximum atomic E-state index is 11.9. The standard InChI is InChI=1S/C20H20N4OS/c25-18(14-13-17-10-5-2-6-11-17)22-20-24-23-19(26-20)21-15-7-12-16-8-3-1-4-9-16/h1-6,8-11,13-14H,7,12,15H2,(H,21,23)(H,22,24,25). The molecule has 132 valence electrons. The molecule has 0 saturated carbocycles. The molecule has 26 heavy (non-hydrogen) atoms. The fourth-order valence-corrected chi connectivity index (χ4v) is 3.03. The fraction of sp³-hybridized carbons (Fsp3) is 0.150. The Morgan fingerprint density at radius 1 is 0.962 bits per heavy atom. The van der Waals surface area contributed by atoms with E-state index in [-0.39, 0.29) is 5.91 Å². The highest BCUT2D eigenvalue weighted by Gasteiger charge is 2.05. The molecule has 0 spiro atoms. The zero-order valence-corrected chi connectivity index (χ0v) is 15.1. The number of anilines is 2. The second kappa shape index (κ2) is 9.48. The van der Waals surface area contributed by atoms with E-state index in [0.29, 0.717) is 10.3 Å². The fourth-order valence-electron chi connectivity index (χ4n) is 2.36. The molecule has 3 rings (SSSR count). The summed E-state index contributed by atoms with van der Waals surface area (Å²) in [5, 5.41) is 15.2. The van der Waals surface area contributed by atoms with Crippen LogP contribution in [0.2, 0.25) is 0 Å². The number of hydrogen-bond acceptors (Lipinski definition) is 5. The summed E-state index contributed by atoms with van der Waals surface area (Å²) < 4.78 is 0. The van der Waals surface area contributed by atoms with E-state index in [2.05, 4.69) is 45.1 Å². The van der Waals surface area contributed by atoms with Crippen molar-refractivity contribution in [2.24, 2.45) is 0 Å². The molecule has 6 heteroatoms. The van der Waals surface area contributed by atoms with E-state index in [4.69, 9.17) is 0 Å². The van der Waals surface area contributed by atoms with Gasteiger partial charge in [-0.15, -0.1) is 10.2 Å². The Kier molecular flexibility index (Phi) is 6.50. The minimum absolute atomic E-state index is 0.222. The molecule has 1 amide bonds. The zero-order valence-electron chi connectivity index (χ0n) is 14.3. The quantitative estimate of drug-likeness (QED) is 0.463. The second-order valence-corrected chi connectivity index (χ2v) is 6.64. The molecule has 0 aliphatic heterocycles. The molecule has 3 aromatic rings. The summed E-state index contributed by atoms with van der Waals surface area (Å²) in [6.07, 6.45) is 5.27. The minimum Gasteiger partial charge on any atom is -0.360 e. The van der Waals surface area contributed by atoms with Gasteiger partial charge >= 0.3 is 0 Å². The number of carbonyl (C=O) groups is 1.